The lowest BCUT2D eigenvalue weighted by atomic mass is 10.1. The van der Waals surface area contributed by atoms with Crippen LogP contribution >= 0.6 is 11.8 Å². The van der Waals surface area contributed by atoms with E-state index in [1.807, 2.05) is 30.0 Å². The van der Waals surface area contributed by atoms with Gasteiger partial charge >= 0.3 is 0 Å². The lowest BCUT2D eigenvalue weighted by Gasteiger charge is -2.26. The first-order valence-electron chi connectivity index (χ1n) is 5.96. The summed E-state index contributed by atoms with van der Waals surface area (Å²) in [6.07, 6.45) is 4.52. The van der Waals surface area contributed by atoms with Crippen molar-refractivity contribution >= 4 is 23.4 Å². The molecule has 0 saturated carbocycles. The van der Waals surface area contributed by atoms with Crippen LogP contribution in [0.5, 0.6) is 0 Å². The van der Waals surface area contributed by atoms with Crippen molar-refractivity contribution < 1.29 is 0 Å². The third kappa shape index (κ3) is 2.94. The van der Waals surface area contributed by atoms with Crippen LogP contribution in [-0.4, -0.2) is 30.6 Å². The molecule has 0 aliphatic carbocycles. The molecular weight excluding hydrogens is 230 g/mol. The Labute approximate surface area is 107 Å². The minimum absolute atomic E-state index is 0.435. The van der Waals surface area contributed by atoms with Crippen LogP contribution in [0.1, 0.15) is 12.8 Å². The Morgan fingerprint density at radius 1 is 1.41 bits per heavy atom. The van der Waals surface area contributed by atoms with Gasteiger partial charge in [0.15, 0.2) is 5.96 Å². The van der Waals surface area contributed by atoms with E-state index in [0.29, 0.717) is 12.0 Å². The third-order valence-electron chi connectivity index (χ3n) is 3.00. The van der Waals surface area contributed by atoms with E-state index < -0.39 is 0 Å². The first kappa shape index (κ1) is 12.3. The van der Waals surface area contributed by atoms with Crippen molar-refractivity contribution in [3.8, 4) is 0 Å². The highest BCUT2D eigenvalue weighted by molar-refractivity contribution is 7.98. The maximum Gasteiger partial charge on any atom is 0.196 e. The lowest BCUT2D eigenvalue weighted by molar-refractivity contribution is 0.635. The number of thioether (sulfide) groups is 1. The average Bonchev–Trinajstić information content (AvgIpc) is 2.72. The van der Waals surface area contributed by atoms with Gasteiger partial charge < -0.3 is 10.6 Å². The van der Waals surface area contributed by atoms with E-state index in [0.717, 1.165) is 18.7 Å². The quantitative estimate of drug-likeness (QED) is 0.814. The van der Waals surface area contributed by atoms with Crippen molar-refractivity contribution in [1.82, 2.24) is 0 Å². The number of nitrogens with zero attached hydrogens (tertiary/aromatic N) is 2. The van der Waals surface area contributed by atoms with Crippen LogP contribution in [0.2, 0.25) is 0 Å². The van der Waals surface area contributed by atoms with Gasteiger partial charge in [0.2, 0.25) is 0 Å². The molecule has 4 heteroatoms. The van der Waals surface area contributed by atoms with Gasteiger partial charge in [-0.25, -0.2) is 0 Å². The van der Waals surface area contributed by atoms with Crippen molar-refractivity contribution in [1.29, 1.82) is 0 Å². The van der Waals surface area contributed by atoms with E-state index in [9.17, 15) is 0 Å². The molecule has 92 valence electrons. The van der Waals surface area contributed by atoms with E-state index in [1.165, 1.54) is 12.2 Å². The minimum Gasteiger partial charge on any atom is -0.370 e. The second-order valence-corrected chi connectivity index (χ2v) is 5.18. The summed E-state index contributed by atoms with van der Waals surface area (Å²) in [6.45, 7) is 0.828. The summed E-state index contributed by atoms with van der Waals surface area (Å²) in [5.41, 5.74) is 7.13. The number of hydrogen-bond acceptors (Lipinski definition) is 4. The van der Waals surface area contributed by atoms with E-state index in [4.69, 9.17) is 5.73 Å². The molecule has 2 rings (SSSR count). The monoisotopic (exact) mass is 249 g/mol. The maximum absolute atomic E-state index is 5.98. The molecule has 0 fully saturated rings. The Balaban J connectivity index is 2.04. The summed E-state index contributed by atoms with van der Waals surface area (Å²) in [7, 11) is 0. The van der Waals surface area contributed by atoms with Crippen molar-refractivity contribution in [3.05, 3.63) is 30.3 Å². The second kappa shape index (κ2) is 5.96. The van der Waals surface area contributed by atoms with Gasteiger partial charge in [-0.05, 0) is 37.0 Å². The van der Waals surface area contributed by atoms with Crippen molar-refractivity contribution in [2.24, 2.45) is 10.7 Å². The van der Waals surface area contributed by atoms with Crippen LogP contribution in [0, 0.1) is 0 Å². The number of nitrogens with two attached hydrogens (primary N) is 1. The average molecular weight is 249 g/mol. The molecular formula is C13H19N3S. The summed E-state index contributed by atoms with van der Waals surface area (Å²) in [5.74, 6) is 1.87. The van der Waals surface area contributed by atoms with Gasteiger partial charge in [0.1, 0.15) is 0 Å². The lowest BCUT2D eigenvalue weighted by Crippen LogP contribution is -2.40. The molecule has 17 heavy (non-hydrogen) atoms. The van der Waals surface area contributed by atoms with Crippen LogP contribution < -0.4 is 10.6 Å². The fourth-order valence-electron chi connectivity index (χ4n) is 2.16. The summed E-state index contributed by atoms with van der Waals surface area (Å²) in [4.78, 5) is 6.53. The molecule has 1 atom stereocenters. The van der Waals surface area contributed by atoms with E-state index in [-0.39, 0.29) is 0 Å². The number of benzene rings is 1. The zero-order valence-electron chi connectivity index (χ0n) is 10.2. The van der Waals surface area contributed by atoms with Gasteiger partial charge in [0.25, 0.3) is 0 Å². The fourth-order valence-corrected chi connectivity index (χ4v) is 2.61. The number of hydrogen-bond donors (Lipinski definition) is 1. The summed E-state index contributed by atoms with van der Waals surface area (Å²) in [6, 6.07) is 10.7. The molecule has 0 amide bonds. The first-order chi connectivity index (χ1) is 8.33. The molecule has 1 aliphatic heterocycles. The maximum atomic E-state index is 5.98. The molecule has 1 heterocycles. The SMILES string of the molecule is CSCCCC1CN=C(N)N1c1ccccc1. The van der Waals surface area contributed by atoms with Crippen LogP contribution in [0.25, 0.3) is 0 Å². The smallest absolute Gasteiger partial charge is 0.196 e. The van der Waals surface area contributed by atoms with Crippen LogP contribution in [0.3, 0.4) is 0 Å². The van der Waals surface area contributed by atoms with Crippen LogP contribution in [0.4, 0.5) is 5.69 Å². The molecule has 1 aliphatic rings. The standard InChI is InChI=1S/C13H19N3S/c1-17-9-5-8-12-10-15-13(14)16(12)11-6-3-2-4-7-11/h2-4,6-7,12H,5,8-10H2,1H3,(H2,14,15). The summed E-state index contributed by atoms with van der Waals surface area (Å²) < 4.78 is 0. The van der Waals surface area contributed by atoms with Crippen LogP contribution in [-0.2, 0) is 0 Å². The predicted octanol–water partition coefficient (Wildman–Crippen LogP) is 2.33. The van der Waals surface area contributed by atoms with Crippen molar-refractivity contribution in [2.45, 2.75) is 18.9 Å². The summed E-state index contributed by atoms with van der Waals surface area (Å²) in [5, 5.41) is 0. The van der Waals surface area contributed by atoms with Gasteiger partial charge in [0.05, 0.1) is 12.6 Å². The molecule has 1 unspecified atom stereocenters. The number of guanidine groups is 1. The van der Waals surface area contributed by atoms with E-state index >= 15 is 0 Å². The molecule has 0 radical (unpaired) electrons. The third-order valence-corrected chi connectivity index (χ3v) is 3.69. The Bertz CT molecular complexity index is 378. The molecule has 0 bridgehead atoms. The molecule has 3 nitrogen and oxygen atoms in total. The van der Waals surface area contributed by atoms with Gasteiger partial charge in [-0.2, -0.15) is 11.8 Å². The Morgan fingerprint density at radius 3 is 2.88 bits per heavy atom. The van der Waals surface area contributed by atoms with Crippen molar-refractivity contribution in [3.63, 3.8) is 0 Å². The Hall–Kier alpha value is -1.16. The predicted molar refractivity (Wildman–Crippen MR) is 76.8 cm³/mol. The zero-order chi connectivity index (χ0) is 12.1. The number of para-hydroxylation sites is 1. The highest BCUT2D eigenvalue weighted by Crippen LogP contribution is 2.23. The molecule has 0 saturated heterocycles. The largest absolute Gasteiger partial charge is 0.370 e. The van der Waals surface area contributed by atoms with E-state index in [1.54, 1.807) is 0 Å². The minimum atomic E-state index is 0.435. The number of rotatable bonds is 5. The summed E-state index contributed by atoms with van der Waals surface area (Å²) >= 11 is 1.90. The highest BCUT2D eigenvalue weighted by atomic mass is 32.2. The molecule has 0 spiro atoms. The van der Waals surface area contributed by atoms with Crippen molar-refractivity contribution in [2.75, 3.05) is 23.5 Å². The molecule has 0 aromatic heterocycles. The first-order valence-corrected chi connectivity index (χ1v) is 7.35. The normalized spacial score (nSPS) is 19.5. The topological polar surface area (TPSA) is 41.6 Å². The molecule has 1 aromatic carbocycles. The van der Waals surface area contributed by atoms with Gasteiger partial charge in [0, 0.05) is 5.69 Å². The van der Waals surface area contributed by atoms with Gasteiger partial charge in [-0.15, -0.1) is 0 Å². The fraction of sp³-hybridized carbons (Fsp3) is 0.462. The Kier molecular flexibility index (Phi) is 4.31. The number of aliphatic imine (C=N–C) groups is 1. The highest BCUT2D eigenvalue weighted by Gasteiger charge is 2.26. The van der Waals surface area contributed by atoms with Gasteiger partial charge in [-0.1, -0.05) is 18.2 Å². The second-order valence-electron chi connectivity index (χ2n) is 4.19. The Morgan fingerprint density at radius 2 is 2.18 bits per heavy atom. The van der Waals surface area contributed by atoms with Gasteiger partial charge in [-0.3, -0.25) is 4.99 Å². The number of anilines is 1. The molecule has 1 aromatic rings. The van der Waals surface area contributed by atoms with E-state index in [2.05, 4.69) is 28.3 Å². The zero-order valence-corrected chi connectivity index (χ0v) is 11.0. The molecule has 2 N–H and O–H groups in total. The van der Waals surface area contributed by atoms with Crippen LogP contribution in [0.15, 0.2) is 35.3 Å².